The second-order valence-corrected chi connectivity index (χ2v) is 8.41. The van der Waals surface area contributed by atoms with Crippen molar-refractivity contribution in [3.8, 4) is 23.3 Å². The summed E-state index contributed by atoms with van der Waals surface area (Å²) in [7, 11) is -3.04. The first-order valence-corrected chi connectivity index (χ1v) is 10.7. The van der Waals surface area contributed by atoms with Gasteiger partial charge in [0.25, 0.3) is 10.0 Å². The molecule has 0 fully saturated rings. The molecular weight excluding hydrogens is 469 g/mol. The van der Waals surface area contributed by atoms with Crippen molar-refractivity contribution in [2.75, 3.05) is 11.8 Å². The first-order chi connectivity index (χ1) is 15.0. The van der Waals surface area contributed by atoms with Gasteiger partial charge in [-0.2, -0.15) is 18.4 Å². The van der Waals surface area contributed by atoms with E-state index in [1.807, 2.05) is 6.07 Å². The number of alkyl halides is 3. The first kappa shape index (κ1) is 23.2. The van der Waals surface area contributed by atoms with Crippen molar-refractivity contribution in [3.63, 3.8) is 0 Å². The van der Waals surface area contributed by atoms with Crippen LogP contribution in [0.1, 0.15) is 11.1 Å². The van der Waals surface area contributed by atoms with Crippen LogP contribution in [0.15, 0.2) is 65.6 Å². The Bertz CT molecular complexity index is 1290. The normalized spacial score (nSPS) is 11.5. The van der Waals surface area contributed by atoms with E-state index in [0.29, 0.717) is 6.07 Å². The van der Waals surface area contributed by atoms with Gasteiger partial charge < -0.3 is 9.47 Å². The van der Waals surface area contributed by atoms with Crippen LogP contribution in [-0.2, 0) is 16.2 Å². The Hall–Kier alpha value is -3.42. The average Bonchev–Trinajstić information content (AvgIpc) is 2.73. The number of nitrogens with one attached hydrogen (secondary N) is 1. The van der Waals surface area contributed by atoms with Crippen LogP contribution in [0.25, 0.3) is 0 Å². The van der Waals surface area contributed by atoms with Crippen molar-refractivity contribution < 1.29 is 31.1 Å². The zero-order chi connectivity index (χ0) is 23.5. The molecule has 1 N–H and O–H groups in total. The quantitative estimate of drug-likeness (QED) is 0.477. The zero-order valence-electron chi connectivity index (χ0n) is 16.3. The van der Waals surface area contributed by atoms with Crippen LogP contribution in [0.2, 0.25) is 5.02 Å². The standard InChI is InChI=1S/C21H14ClF3N2O4S/c1-30-20-10-5-13(21(23,24)25)11-18(20)27-32(28,29)15-8-6-14(7-9-15)31-19-4-2-3-17(22)16(19)12-26/h2-11,27H,1H3. The molecule has 0 saturated heterocycles. The maximum Gasteiger partial charge on any atom is 0.416 e. The molecule has 3 rings (SSSR count). The minimum absolute atomic E-state index is 0.0773. The lowest BCUT2D eigenvalue weighted by molar-refractivity contribution is -0.137. The maximum atomic E-state index is 13.0. The van der Waals surface area contributed by atoms with E-state index >= 15 is 0 Å². The molecule has 0 saturated carbocycles. The monoisotopic (exact) mass is 482 g/mol. The highest BCUT2D eigenvalue weighted by molar-refractivity contribution is 7.92. The first-order valence-electron chi connectivity index (χ1n) is 8.80. The third-order valence-electron chi connectivity index (χ3n) is 4.22. The topological polar surface area (TPSA) is 88.4 Å². The third-order valence-corrected chi connectivity index (χ3v) is 5.92. The molecule has 0 aromatic heterocycles. The van der Waals surface area contributed by atoms with Gasteiger partial charge in [-0.15, -0.1) is 0 Å². The lowest BCUT2D eigenvalue weighted by Gasteiger charge is -2.15. The minimum atomic E-state index is -4.66. The molecule has 6 nitrogen and oxygen atoms in total. The van der Waals surface area contributed by atoms with E-state index in [4.69, 9.17) is 21.1 Å². The molecule has 0 amide bonds. The predicted octanol–water partition coefficient (Wildman–Crippen LogP) is 5.83. The van der Waals surface area contributed by atoms with Crippen LogP contribution in [0.3, 0.4) is 0 Å². The van der Waals surface area contributed by atoms with Crippen LogP contribution in [0.4, 0.5) is 18.9 Å². The van der Waals surface area contributed by atoms with Crippen molar-refractivity contribution >= 4 is 27.3 Å². The molecule has 0 heterocycles. The Morgan fingerprint density at radius 1 is 1.03 bits per heavy atom. The summed E-state index contributed by atoms with van der Waals surface area (Å²) >= 11 is 5.95. The summed E-state index contributed by atoms with van der Waals surface area (Å²) in [5.41, 5.74) is -1.28. The van der Waals surface area contributed by atoms with Crippen molar-refractivity contribution in [2.45, 2.75) is 11.1 Å². The van der Waals surface area contributed by atoms with Gasteiger partial charge in [0.15, 0.2) is 0 Å². The van der Waals surface area contributed by atoms with Crippen LogP contribution < -0.4 is 14.2 Å². The number of hydrogen-bond acceptors (Lipinski definition) is 5. The molecule has 0 aliphatic carbocycles. The average molecular weight is 483 g/mol. The Morgan fingerprint density at radius 2 is 1.72 bits per heavy atom. The van der Waals surface area contributed by atoms with E-state index in [2.05, 4.69) is 4.72 Å². The molecule has 0 aliphatic heterocycles. The van der Waals surface area contributed by atoms with Crippen LogP contribution in [0, 0.1) is 11.3 Å². The van der Waals surface area contributed by atoms with E-state index < -0.39 is 21.8 Å². The third kappa shape index (κ3) is 5.07. The Morgan fingerprint density at radius 3 is 2.31 bits per heavy atom. The maximum absolute atomic E-state index is 13.0. The number of benzene rings is 3. The molecule has 32 heavy (non-hydrogen) atoms. The number of methoxy groups -OCH3 is 1. The number of anilines is 1. The minimum Gasteiger partial charge on any atom is -0.495 e. The van der Waals surface area contributed by atoms with E-state index in [0.717, 1.165) is 12.1 Å². The fraction of sp³-hybridized carbons (Fsp3) is 0.0952. The molecule has 0 bridgehead atoms. The number of ether oxygens (including phenoxy) is 2. The fourth-order valence-corrected chi connectivity index (χ4v) is 3.95. The number of nitrogens with zero attached hydrogens (tertiary/aromatic N) is 1. The molecule has 3 aromatic rings. The van der Waals surface area contributed by atoms with Gasteiger partial charge in [0.2, 0.25) is 0 Å². The molecule has 3 aromatic carbocycles. The molecule has 166 valence electrons. The second-order valence-electron chi connectivity index (χ2n) is 6.32. The van der Waals surface area contributed by atoms with Gasteiger partial charge in [0, 0.05) is 0 Å². The number of rotatable bonds is 6. The molecule has 0 aliphatic rings. The zero-order valence-corrected chi connectivity index (χ0v) is 17.8. The summed E-state index contributed by atoms with van der Waals surface area (Å²) in [6.07, 6.45) is -4.66. The van der Waals surface area contributed by atoms with Gasteiger partial charge in [0.05, 0.1) is 28.3 Å². The smallest absolute Gasteiger partial charge is 0.416 e. The van der Waals surface area contributed by atoms with Crippen LogP contribution in [-0.4, -0.2) is 15.5 Å². The lowest BCUT2D eigenvalue weighted by atomic mass is 10.2. The molecule has 0 unspecified atom stereocenters. The number of halogens is 4. The largest absolute Gasteiger partial charge is 0.495 e. The summed E-state index contributed by atoms with van der Waals surface area (Å²) in [5, 5.41) is 9.40. The molecule has 0 atom stereocenters. The summed E-state index contributed by atoms with van der Waals surface area (Å²) in [6, 6.07) is 14.1. The predicted molar refractivity (Wildman–Crippen MR) is 111 cm³/mol. The van der Waals surface area contributed by atoms with Crippen molar-refractivity contribution in [2.24, 2.45) is 0 Å². The van der Waals surface area contributed by atoms with Gasteiger partial charge >= 0.3 is 6.18 Å². The summed E-state index contributed by atoms with van der Waals surface area (Å²) in [6.45, 7) is 0. The van der Waals surface area contributed by atoms with Crippen molar-refractivity contribution in [1.29, 1.82) is 5.26 Å². The van der Waals surface area contributed by atoms with E-state index in [9.17, 15) is 26.9 Å². The van der Waals surface area contributed by atoms with Crippen LogP contribution >= 0.6 is 11.6 Å². The van der Waals surface area contributed by atoms with E-state index in [1.54, 1.807) is 6.07 Å². The van der Waals surface area contributed by atoms with Crippen molar-refractivity contribution in [3.05, 3.63) is 76.8 Å². The van der Waals surface area contributed by atoms with E-state index in [-0.39, 0.29) is 38.4 Å². The summed E-state index contributed by atoms with van der Waals surface area (Å²) in [4.78, 5) is -0.226. The Kier molecular flexibility index (Phi) is 6.52. The second kappa shape index (κ2) is 8.98. The fourth-order valence-electron chi connectivity index (χ4n) is 2.68. The molecule has 0 spiro atoms. The highest BCUT2D eigenvalue weighted by atomic mass is 35.5. The van der Waals surface area contributed by atoms with Gasteiger partial charge in [-0.3, -0.25) is 4.72 Å². The molecular formula is C21H14ClF3N2O4S. The highest BCUT2D eigenvalue weighted by Crippen LogP contribution is 2.36. The SMILES string of the molecule is COc1ccc(C(F)(F)F)cc1NS(=O)(=O)c1ccc(Oc2cccc(Cl)c2C#N)cc1. The van der Waals surface area contributed by atoms with Crippen molar-refractivity contribution in [1.82, 2.24) is 0 Å². The van der Waals surface area contributed by atoms with Crippen LogP contribution in [0.5, 0.6) is 17.2 Å². The van der Waals surface area contributed by atoms with Gasteiger partial charge in [-0.1, -0.05) is 17.7 Å². The summed E-state index contributed by atoms with van der Waals surface area (Å²) in [5.74, 6) is 0.327. The number of sulfonamides is 1. The molecule has 11 heteroatoms. The molecule has 0 radical (unpaired) electrons. The number of nitriles is 1. The highest BCUT2D eigenvalue weighted by Gasteiger charge is 2.31. The van der Waals surface area contributed by atoms with Gasteiger partial charge in [0.1, 0.15) is 28.9 Å². The summed E-state index contributed by atoms with van der Waals surface area (Å²) < 4.78 is 77.1. The van der Waals surface area contributed by atoms with Gasteiger partial charge in [-0.05, 0) is 54.6 Å². The number of hydrogen-bond donors (Lipinski definition) is 1. The Balaban J connectivity index is 1.87. The Labute approximate surface area is 186 Å². The lowest BCUT2D eigenvalue weighted by Crippen LogP contribution is -2.15. The van der Waals surface area contributed by atoms with Gasteiger partial charge in [-0.25, -0.2) is 8.42 Å². The van der Waals surface area contributed by atoms with E-state index in [1.165, 1.54) is 43.5 Å².